The molecule has 1 fully saturated rings. The Bertz CT molecular complexity index is 352. The second-order valence-corrected chi connectivity index (χ2v) is 5.90. The van der Waals surface area contributed by atoms with Crippen LogP contribution in [0, 0.1) is 5.92 Å². The van der Waals surface area contributed by atoms with Crippen molar-refractivity contribution in [3.05, 3.63) is 30.1 Å². The summed E-state index contributed by atoms with van der Waals surface area (Å²) in [6, 6.07) is 6.86. The van der Waals surface area contributed by atoms with Gasteiger partial charge in [-0.3, -0.25) is 4.98 Å². The highest BCUT2D eigenvalue weighted by Gasteiger charge is 2.21. The fraction of sp³-hybridized carbons (Fsp3) is 0.688. The van der Waals surface area contributed by atoms with Crippen LogP contribution in [0.3, 0.4) is 0 Å². The minimum Gasteiger partial charge on any atom is -0.310 e. The smallest absolute Gasteiger partial charge is 0.0541 e. The molecule has 3 nitrogen and oxygen atoms in total. The lowest BCUT2D eigenvalue weighted by molar-refractivity contribution is 0.164. The van der Waals surface area contributed by atoms with Crippen LogP contribution in [-0.4, -0.2) is 36.1 Å². The predicted molar refractivity (Wildman–Crippen MR) is 80.0 cm³/mol. The van der Waals surface area contributed by atoms with Crippen molar-refractivity contribution >= 4 is 0 Å². The minimum absolute atomic E-state index is 0.792. The summed E-state index contributed by atoms with van der Waals surface area (Å²) in [6.07, 6.45) is 7.42. The van der Waals surface area contributed by atoms with E-state index >= 15 is 0 Å². The lowest BCUT2D eigenvalue weighted by Crippen LogP contribution is -2.39. The highest BCUT2D eigenvalue weighted by molar-refractivity contribution is 5.02. The fourth-order valence-electron chi connectivity index (χ4n) is 2.96. The molecule has 1 aromatic rings. The van der Waals surface area contributed by atoms with Gasteiger partial charge >= 0.3 is 0 Å². The van der Waals surface area contributed by atoms with E-state index in [0.717, 1.165) is 37.3 Å². The molecule has 0 saturated heterocycles. The molecule has 19 heavy (non-hydrogen) atoms. The molecule has 0 radical (unpaired) electrons. The molecule has 1 aliphatic rings. The number of aromatic nitrogens is 1. The van der Waals surface area contributed by atoms with Gasteiger partial charge < -0.3 is 10.2 Å². The van der Waals surface area contributed by atoms with E-state index in [2.05, 4.69) is 35.2 Å². The number of hydrogen-bond donors (Lipinski definition) is 1. The van der Waals surface area contributed by atoms with E-state index in [9.17, 15) is 0 Å². The molecular formula is C16H27N3. The summed E-state index contributed by atoms with van der Waals surface area (Å²) >= 11 is 0. The number of hydrogen-bond acceptors (Lipinski definition) is 3. The molecule has 3 heteroatoms. The lowest BCUT2D eigenvalue weighted by atomic mass is 9.86. The standard InChI is InChI=1S/C16H27N3/c1-14-6-5-8-16(12-14)19(2)11-10-17-13-15-7-3-4-9-18-15/h3-4,7,9,14,16-17H,5-6,8,10-13H2,1-2H3. The first-order valence-corrected chi connectivity index (χ1v) is 7.56. The molecule has 2 rings (SSSR count). The Morgan fingerprint density at radius 3 is 3.00 bits per heavy atom. The van der Waals surface area contributed by atoms with Gasteiger partial charge in [-0.15, -0.1) is 0 Å². The van der Waals surface area contributed by atoms with Crippen LogP contribution in [0.2, 0.25) is 0 Å². The van der Waals surface area contributed by atoms with Gasteiger partial charge in [-0.25, -0.2) is 0 Å². The summed E-state index contributed by atoms with van der Waals surface area (Å²) in [5, 5.41) is 3.48. The number of rotatable bonds is 6. The van der Waals surface area contributed by atoms with Crippen LogP contribution in [0.15, 0.2) is 24.4 Å². The van der Waals surface area contributed by atoms with Gasteiger partial charge in [-0.05, 0) is 37.9 Å². The van der Waals surface area contributed by atoms with Crippen molar-refractivity contribution in [1.82, 2.24) is 15.2 Å². The Hall–Kier alpha value is -0.930. The maximum absolute atomic E-state index is 4.32. The van der Waals surface area contributed by atoms with Gasteiger partial charge in [-0.1, -0.05) is 25.8 Å². The second-order valence-electron chi connectivity index (χ2n) is 5.90. The summed E-state index contributed by atoms with van der Waals surface area (Å²) in [5.41, 5.74) is 1.12. The lowest BCUT2D eigenvalue weighted by Gasteiger charge is -2.34. The Kier molecular flexibility index (Phi) is 5.80. The van der Waals surface area contributed by atoms with E-state index in [1.165, 1.54) is 25.7 Å². The largest absolute Gasteiger partial charge is 0.310 e. The molecule has 2 atom stereocenters. The molecule has 0 amide bonds. The Balaban J connectivity index is 1.62. The third-order valence-electron chi connectivity index (χ3n) is 4.21. The van der Waals surface area contributed by atoms with Gasteiger partial charge in [0.15, 0.2) is 0 Å². The molecule has 0 spiro atoms. The Morgan fingerprint density at radius 2 is 2.26 bits per heavy atom. The van der Waals surface area contributed by atoms with Crippen molar-refractivity contribution in [2.75, 3.05) is 20.1 Å². The molecule has 1 N–H and O–H groups in total. The molecule has 2 unspecified atom stereocenters. The Labute approximate surface area is 117 Å². The van der Waals surface area contributed by atoms with E-state index in [-0.39, 0.29) is 0 Å². The quantitative estimate of drug-likeness (QED) is 0.798. The van der Waals surface area contributed by atoms with Crippen molar-refractivity contribution in [3.8, 4) is 0 Å². The predicted octanol–water partition coefficient (Wildman–Crippen LogP) is 2.68. The maximum atomic E-state index is 4.32. The van der Waals surface area contributed by atoms with Crippen molar-refractivity contribution in [2.24, 2.45) is 5.92 Å². The molecule has 106 valence electrons. The molecule has 0 aliphatic heterocycles. The zero-order valence-electron chi connectivity index (χ0n) is 12.3. The van der Waals surface area contributed by atoms with Gasteiger partial charge in [-0.2, -0.15) is 0 Å². The van der Waals surface area contributed by atoms with Crippen molar-refractivity contribution in [2.45, 2.75) is 45.2 Å². The first kappa shape index (κ1) is 14.5. The zero-order valence-corrected chi connectivity index (χ0v) is 12.3. The second kappa shape index (κ2) is 7.61. The zero-order chi connectivity index (χ0) is 13.5. The topological polar surface area (TPSA) is 28.2 Å². The fourth-order valence-corrected chi connectivity index (χ4v) is 2.96. The minimum atomic E-state index is 0.792. The summed E-state index contributed by atoms with van der Waals surface area (Å²) in [4.78, 5) is 6.85. The van der Waals surface area contributed by atoms with E-state index in [1.807, 2.05) is 18.3 Å². The molecular weight excluding hydrogens is 234 g/mol. The molecule has 1 aliphatic carbocycles. The van der Waals surface area contributed by atoms with Crippen molar-refractivity contribution < 1.29 is 0 Å². The number of nitrogens with zero attached hydrogens (tertiary/aromatic N) is 2. The van der Waals surface area contributed by atoms with Crippen LogP contribution in [0.1, 0.15) is 38.3 Å². The number of likely N-dealkylation sites (N-methyl/N-ethyl adjacent to an activating group) is 1. The van der Waals surface area contributed by atoms with Crippen molar-refractivity contribution in [1.29, 1.82) is 0 Å². The van der Waals surface area contributed by atoms with E-state index < -0.39 is 0 Å². The van der Waals surface area contributed by atoms with Crippen LogP contribution < -0.4 is 5.32 Å². The monoisotopic (exact) mass is 261 g/mol. The summed E-state index contributed by atoms with van der Waals surface area (Å²) in [5.74, 6) is 0.905. The summed E-state index contributed by atoms with van der Waals surface area (Å²) in [7, 11) is 2.27. The van der Waals surface area contributed by atoms with Gasteiger partial charge in [0, 0.05) is 31.9 Å². The molecule has 0 aromatic carbocycles. The van der Waals surface area contributed by atoms with Gasteiger partial charge in [0.05, 0.1) is 5.69 Å². The van der Waals surface area contributed by atoms with E-state index in [4.69, 9.17) is 0 Å². The number of nitrogens with one attached hydrogen (secondary N) is 1. The summed E-state index contributed by atoms with van der Waals surface area (Å²) < 4.78 is 0. The molecule has 1 aromatic heterocycles. The molecule has 0 bridgehead atoms. The van der Waals surface area contributed by atoms with Crippen molar-refractivity contribution in [3.63, 3.8) is 0 Å². The van der Waals surface area contributed by atoms with Crippen LogP contribution in [0.5, 0.6) is 0 Å². The normalized spacial score (nSPS) is 23.7. The van der Waals surface area contributed by atoms with Crippen LogP contribution in [-0.2, 0) is 6.54 Å². The molecule has 1 saturated carbocycles. The highest BCUT2D eigenvalue weighted by Crippen LogP contribution is 2.26. The van der Waals surface area contributed by atoms with Crippen LogP contribution in [0.4, 0.5) is 0 Å². The third kappa shape index (κ3) is 4.92. The SMILES string of the molecule is CC1CCCC(N(C)CCNCc2ccccn2)C1. The van der Waals surface area contributed by atoms with Crippen LogP contribution >= 0.6 is 0 Å². The highest BCUT2D eigenvalue weighted by atomic mass is 15.1. The third-order valence-corrected chi connectivity index (χ3v) is 4.21. The average molecular weight is 261 g/mol. The maximum Gasteiger partial charge on any atom is 0.0541 e. The van der Waals surface area contributed by atoms with Crippen LogP contribution in [0.25, 0.3) is 0 Å². The van der Waals surface area contributed by atoms with E-state index in [1.54, 1.807) is 0 Å². The molecule has 1 heterocycles. The number of pyridine rings is 1. The average Bonchev–Trinajstić information content (AvgIpc) is 2.44. The van der Waals surface area contributed by atoms with Gasteiger partial charge in [0.25, 0.3) is 0 Å². The Morgan fingerprint density at radius 1 is 1.37 bits per heavy atom. The van der Waals surface area contributed by atoms with Gasteiger partial charge in [0.1, 0.15) is 0 Å². The van der Waals surface area contributed by atoms with Gasteiger partial charge in [0.2, 0.25) is 0 Å². The van der Waals surface area contributed by atoms with E-state index in [0.29, 0.717) is 0 Å². The first-order valence-electron chi connectivity index (χ1n) is 7.56. The first-order chi connectivity index (χ1) is 9.25. The summed E-state index contributed by atoms with van der Waals surface area (Å²) in [6.45, 7) is 5.43.